The molecule has 0 aliphatic carbocycles. The second kappa shape index (κ2) is 11.0. The van der Waals surface area contributed by atoms with Crippen LogP contribution in [0.15, 0.2) is 78.9 Å². The van der Waals surface area contributed by atoms with Crippen molar-refractivity contribution in [1.82, 2.24) is 5.32 Å². The zero-order valence-electron chi connectivity index (χ0n) is 16.8. The number of rotatable bonds is 8. The van der Waals surface area contributed by atoms with Gasteiger partial charge in [-0.15, -0.1) is 0 Å². The zero-order valence-corrected chi connectivity index (χ0v) is 17.6. The lowest BCUT2D eigenvalue weighted by Crippen LogP contribution is -2.34. The third kappa shape index (κ3) is 6.32. The van der Waals surface area contributed by atoms with Gasteiger partial charge in [0.2, 0.25) is 0 Å². The van der Waals surface area contributed by atoms with Gasteiger partial charge in [-0.2, -0.15) is 0 Å². The quantitative estimate of drug-likeness (QED) is 0.511. The molecule has 5 nitrogen and oxygen atoms in total. The first-order valence-electron chi connectivity index (χ1n) is 9.76. The van der Waals surface area contributed by atoms with Crippen LogP contribution in [0.3, 0.4) is 0 Å². The number of hydrogen-bond donors (Lipinski definition) is 2. The van der Waals surface area contributed by atoms with Gasteiger partial charge in [0.1, 0.15) is 11.5 Å². The van der Waals surface area contributed by atoms with E-state index >= 15 is 0 Å². The van der Waals surface area contributed by atoms with Crippen LogP contribution < -0.4 is 20.1 Å². The molecular weight excluding hydrogens is 396 g/mol. The van der Waals surface area contributed by atoms with Gasteiger partial charge in [0.25, 0.3) is 5.91 Å². The lowest BCUT2D eigenvalue weighted by molar-refractivity contribution is 0.0974. The molecule has 30 heavy (non-hydrogen) atoms. The molecule has 6 heteroatoms. The summed E-state index contributed by atoms with van der Waals surface area (Å²) in [5.41, 5.74) is 2.37. The molecule has 0 aliphatic heterocycles. The monoisotopic (exact) mass is 420 g/mol. The van der Waals surface area contributed by atoms with Crippen LogP contribution >= 0.6 is 12.2 Å². The fourth-order valence-corrected chi connectivity index (χ4v) is 3.05. The number of nitrogens with one attached hydrogen (secondary N) is 2. The summed E-state index contributed by atoms with van der Waals surface area (Å²) in [4.78, 5) is 12.7. The van der Waals surface area contributed by atoms with E-state index < -0.39 is 0 Å². The molecule has 0 aromatic heterocycles. The van der Waals surface area contributed by atoms with E-state index in [9.17, 15) is 4.79 Å². The molecule has 1 amide bonds. The van der Waals surface area contributed by atoms with Gasteiger partial charge in [-0.3, -0.25) is 10.1 Å². The molecule has 0 radical (unpaired) electrons. The van der Waals surface area contributed by atoms with Crippen molar-refractivity contribution in [2.45, 2.75) is 13.3 Å². The summed E-state index contributed by atoms with van der Waals surface area (Å²) in [6, 6.07) is 24.5. The van der Waals surface area contributed by atoms with Gasteiger partial charge >= 0.3 is 0 Å². The molecule has 2 N–H and O–H groups in total. The summed E-state index contributed by atoms with van der Waals surface area (Å²) >= 11 is 5.28. The Hall–Kier alpha value is -3.38. The summed E-state index contributed by atoms with van der Waals surface area (Å²) in [5, 5.41) is 5.91. The van der Waals surface area contributed by atoms with Crippen LogP contribution in [-0.2, 0) is 6.42 Å². The number of para-hydroxylation sites is 1. The molecule has 154 valence electrons. The van der Waals surface area contributed by atoms with E-state index in [1.54, 1.807) is 18.2 Å². The van der Waals surface area contributed by atoms with Crippen LogP contribution in [0, 0.1) is 0 Å². The van der Waals surface area contributed by atoms with Crippen LogP contribution in [0.4, 0.5) is 5.69 Å². The lowest BCUT2D eigenvalue weighted by atomic mass is 10.1. The summed E-state index contributed by atoms with van der Waals surface area (Å²) in [5.74, 6) is 0.975. The Balaban J connectivity index is 1.56. The average Bonchev–Trinajstić information content (AvgIpc) is 2.76. The van der Waals surface area contributed by atoms with Crippen LogP contribution in [0.2, 0.25) is 0 Å². The lowest BCUT2D eigenvalue weighted by Gasteiger charge is -2.13. The molecule has 3 aromatic carbocycles. The van der Waals surface area contributed by atoms with Gasteiger partial charge in [-0.05, 0) is 61.1 Å². The summed E-state index contributed by atoms with van der Waals surface area (Å²) in [6.45, 7) is 3.01. The Morgan fingerprint density at radius 2 is 1.60 bits per heavy atom. The normalized spacial score (nSPS) is 10.2. The molecular formula is C24H24N2O3S. The van der Waals surface area contributed by atoms with Crippen molar-refractivity contribution in [2.24, 2.45) is 0 Å². The molecule has 0 bridgehead atoms. The van der Waals surface area contributed by atoms with Crippen molar-refractivity contribution < 1.29 is 14.3 Å². The van der Waals surface area contributed by atoms with Crippen LogP contribution in [0.25, 0.3) is 0 Å². The van der Waals surface area contributed by atoms with Gasteiger partial charge < -0.3 is 14.8 Å². The number of benzene rings is 3. The predicted octanol–water partition coefficient (Wildman–Crippen LogP) is 4.83. The number of carbonyl (C=O) groups excluding carboxylic acids is 1. The Morgan fingerprint density at radius 3 is 2.33 bits per heavy atom. The Bertz CT molecular complexity index is 975. The van der Waals surface area contributed by atoms with Crippen molar-refractivity contribution in [1.29, 1.82) is 0 Å². The maximum absolute atomic E-state index is 12.7. The molecule has 0 atom stereocenters. The number of ether oxygens (including phenoxy) is 2. The maximum Gasteiger partial charge on any atom is 0.261 e. The number of thiocarbonyl (C=S) groups is 1. The predicted molar refractivity (Wildman–Crippen MR) is 123 cm³/mol. The second-order valence-corrected chi connectivity index (χ2v) is 6.85. The van der Waals surface area contributed by atoms with Crippen molar-refractivity contribution in [3.63, 3.8) is 0 Å². The zero-order chi connectivity index (χ0) is 21.2. The molecule has 3 rings (SSSR count). The molecule has 0 aliphatic rings. The van der Waals surface area contributed by atoms with Crippen molar-refractivity contribution in [3.05, 3.63) is 90.0 Å². The van der Waals surface area contributed by atoms with Gasteiger partial charge in [0, 0.05) is 12.1 Å². The number of amides is 1. The summed E-state index contributed by atoms with van der Waals surface area (Å²) in [6.07, 6.45) is 0.758. The highest BCUT2D eigenvalue weighted by atomic mass is 32.1. The number of hydrogen-bond acceptors (Lipinski definition) is 4. The number of carbonyl (C=O) groups is 1. The third-order valence-electron chi connectivity index (χ3n) is 4.27. The molecule has 3 aromatic rings. The van der Waals surface area contributed by atoms with Gasteiger partial charge in [-0.25, -0.2) is 0 Å². The second-order valence-electron chi connectivity index (χ2n) is 6.45. The van der Waals surface area contributed by atoms with Crippen LogP contribution in [0.5, 0.6) is 11.5 Å². The van der Waals surface area contributed by atoms with E-state index in [1.165, 1.54) is 5.56 Å². The van der Waals surface area contributed by atoms with Crippen molar-refractivity contribution >= 4 is 28.9 Å². The van der Waals surface area contributed by atoms with E-state index in [1.807, 2.05) is 67.6 Å². The van der Waals surface area contributed by atoms with E-state index in [0.29, 0.717) is 24.5 Å². The van der Waals surface area contributed by atoms with Crippen LogP contribution in [0.1, 0.15) is 22.8 Å². The highest BCUT2D eigenvalue weighted by Crippen LogP contribution is 2.19. The standard InChI is InChI=1S/C24H24N2O3S/c1-2-28-20-14-12-19(13-15-20)25-24(30)26-23(27)21-10-6-7-11-22(21)29-17-16-18-8-4-3-5-9-18/h3-15H,2,16-17H2,1H3,(H2,25,26,27,30). The van der Waals surface area contributed by atoms with Gasteiger partial charge in [0.05, 0.1) is 18.8 Å². The first kappa shape index (κ1) is 21.3. The fraction of sp³-hybridized carbons (Fsp3) is 0.167. The minimum absolute atomic E-state index is 0.211. The van der Waals surface area contributed by atoms with E-state index in [0.717, 1.165) is 17.9 Å². The minimum atomic E-state index is -0.325. The Kier molecular flexibility index (Phi) is 7.80. The summed E-state index contributed by atoms with van der Waals surface area (Å²) < 4.78 is 11.3. The minimum Gasteiger partial charge on any atom is -0.494 e. The molecule has 0 saturated carbocycles. The molecule has 0 fully saturated rings. The SMILES string of the molecule is CCOc1ccc(NC(=S)NC(=O)c2ccccc2OCCc2ccccc2)cc1. The number of anilines is 1. The average molecular weight is 421 g/mol. The van der Waals surface area contributed by atoms with Gasteiger partial charge in [-0.1, -0.05) is 42.5 Å². The third-order valence-corrected chi connectivity index (χ3v) is 4.48. The van der Waals surface area contributed by atoms with E-state index in [-0.39, 0.29) is 11.0 Å². The first-order chi connectivity index (χ1) is 14.7. The largest absolute Gasteiger partial charge is 0.494 e. The smallest absolute Gasteiger partial charge is 0.261 e. The maximum atomic E-state index is 12.7. The van der Waals surface area contributed by atoms with Gasteiger partial charge in [0.15, 0.2) is 5.11 Å². The highest BCUT2D eigenvalue weighted by molar-refractivity contribution is 7.80. The van der Waals surface area contributed by atoms with Crippen molar-refractivity contribution in [2.75, 3.05) is 18.5 Å². The molecule has 0 saturated heterocycles. The van der Waals surface area contributed by atoms with E-state index in [4.69, 9.17) is 21.7 Å². The van der Waals surface area contributed by atoms with Crippen LogP contribution in [-0.4, -0.2) is 24.2 Å². The highest BCUT2D eigenvalue weighted by Gasteiger charge is 2.13. The Labute approximate surface area is 182 Å². The first-order valence-corrected chi connectivity index (χ1v) is 10.2. The van der Waals surface area contributed by atoms with E-state index in [2.05, 4.69) is 10.6 Å². The molecule has 0 heterocycles. The molecule has 0 spiro atoms. The fourth-order valence-electron chi connectivity index (χ4n) is 2.84. The van der Waals surface area contributed by atoms with Crippen molar-refractivity contribution in [3.8, 4) is 11.5 Å². The summed E-state index contributed by atoms with van der Waals surface area (Å²) in [7, 11) is 0. The topological polar surface area (TPSA) is 59.6 Å². The molecule has 0 unspecified atom stereocenters. The Morgan fingerprint density at radius 1 is 0.900 bits per heavy atom.